The van der Waals surface area contributed by atoms with E-state index in [-0.39, 0.29) is 5.95 Å². The van der Waals surface area contributed by atoms with E-state index in [1.54, 1.807) is 12.4 Å². The van der Waals surface area contributed by atoms with Gasteiger partial charge in [-0.05, 0) is 20.8 Å². The van der Waals surface area contributed by atoms with Crippen LogP contribution in [0.4, 0.5) is 5.95 Å². The highest BCUT2D eigenvalue weighted by molar-refractivity contribution is 5.32. The Hall–Kier alpha value is -2.11. The number of aromatic nitrogens is 4. The zero-order valence-corrected chi connectivity index (χ0v) is 10.1. The zero-order chi connectivity index (χ0) is 12.4. The Morgan fingerprint density at radius 1 is 1.35 bits per heavy atom. The Kier molecular flexibility index (Phi) is 2.95. The van der Waals surface area contributed by atoms with Gasteiger partial charge >= 0.3 is 0 Å². The van der Waals surface area contributed by atoms with Crippen molar-refractivity contribution in [2.75, 3.05) is 5.73 Å². The number of rotatable bonds is 3. The number of ether oxygens (including phenoxy) is 1. The second kappa shape index (κ2) is 4.40. The van der Waals surface area contributed by atoms with Crippen LogP contribution < -0.4 is 10.5 Å². The molecule has 6 nitrogen and oxygen atoms in total. The molecule has 2 aromatic rings. The highest BCUT2D eigenvalue weighted by Gasteiger charge is 2.07. The summed E-state index contributed by atoms with van der Waals surface area (Å²) < 4.78 is 7.42. The summed E-state index contributed by atoms with van der Waals surface area (Å²) in [6.07, 6.45) is 5.10. The monoisotopic (exact) mass is 233 g/mol. The Morgan fingerprint density at radius 3 is 2.76 bits per heavy atom. The summed E-state index contributed by atoms with van der Waals surface area (Å²) in [5, 5.41) is 4.18. The zero-order valence-electron chi connectivity index (χ0n) is 10.1. The molecule has 0 saturated heterocycles. The van der Waals surface area contributed by atoms with Crippen molar-refractivity contribution in [3.8, 4) is 11.6 Å². The molecule has 0 saturated carbocycles. The lowest BCUT2D eigenvalue weighted by Gasteiger charge is -2.05. The second-order valence-corrected chi connectivity index (χ2v) is 4.07. The Morgan fingerprint density at radius 2 is 2.12 bits per heavy atom. The summed E-state index contributed by atoms with van der Waals surface area (Å²) in [7, 11) is 0. The Balaban J connectivity index is 2.22. The predicted octanol–water partition coefficient (Wildman–Crippen LogP) is 1.94. The third-order valence-corrected chi connectivity index (χ3v) is 2.27. The van der Waals surface area contributed by atoms with E-state index in [0.717, 1.165) is 5.56 Å². The van der Waals surface area contributed by atoms with E-state index in [9.17, 15) is 0 Å². The van der Waals surface area contributed by atoms with Crippen LogP contribution in [0, 0.1) is 6.92 Å². The van der Waals surface area contributed by atoms with Gasteiger partial charge in [0.15, 0.2) is 5.75 Å². The molecule has 0 aromatic carbocycles. The maximum absolute atomic E-state index is 5.61. The molecule has 2 N–H and O–H groups in total. The molecule has 0 radical (unpaired) electrons. The topological polar surface area (TPSA) is 78.8 Å². The first-order chi connectivity index (χ1) is 8.06. The summed E-state index contributed by atoms with van der Waals surface area (Å²) in [5.74, 6) is 1.29. The van der Waals surface area contributed by atoms with Crippen molar-refractivity contribution in [3.63, 3.8) is 0 Å². The first-order valence-electron chi connectivity index (χ1n) is 5.37. The van der Waals surface area contributed by atoms with Crippen LogP contribution in [0.5, 0.6) is 11.6 Å². The van der Waals surface area contributed by atoms with Crippen molar-refractivity contribution < 1.29 is 4.74 Å². The highest BCUT2D eigenvalue weighted by Crippen LogP contribution is 2.22. The van der Waals surface area contributed by atoms with Gasteiger partial charge in [0.2, 0.25) is 11.8 Å². The van der Waals surface area contributed by atoms with E-state index in [1.807, 2.05) is 31.6 Å². The molecule has 6 heteroatoms. The van der Waals surface area contributed by atoms with Crippen LogP contribution in [0.25, 0.3) is 0 Å². The molecule has 0 atom stereocenters. The predicted molar refractivity (Wildman–Crippen MR) is 63.9 cm³/mol. The number of anilines is 1. The van der Waals surface area contributed by atoms with E-state index in [0.29, 0.717) is 17.7 Å². The number of nitrogen functional groups attached to an aromatic ring is 1. The molecule has 90 valence electrons. The van der Waals surface area contributed by atoms with Crippen molar-refractivity contribution in [2.24, 2.45) is 0 Å². The van der Waals surface area contributed by atoms with Crippen LogP contribution in [0.2, 0.25) is 0 Å². The molecule has 0 unspecified atom stereocenters. The molecular weight excluding hydrogens is 218 g/mol. The van der Waals surface area contributed by atoms with Crippen molar-refractivity contribution in [1.82, 2.24) is 19.7 Å². The average molecular weight is 233 g/mol. The second-order valence-electron chi connectivity index (χ2n) is 4.07. The Bertz CT molecular complexity index is 520. The molecule has 0 aliphatic rings. The van der Waals surface area contributed by atoms with Gasteiger partial charge in [0.05, 0.1) is 12.4 Å². The van der Waals surface area contributed by atoms with Crippen molar-refractivity contribution in [3.05, 3.63) is 24.2 Å². The van der Waals surface area contributed by atoms with Crippen LogP contribution in [-0.4, -0.2) is 19.7 Å². The average Bonchev–Trinajstić information content (AvgIpc) is 2.72. The van der Waals surface area contributed by atoms with Gasteiger partial charge in [-0.3, -0.25) is 4.68 Å². The molecule has 2 aromatic heterocycles. The lowest BCUT2D eigenvalue weighted by atomic mass is 10.4. The first-order valence-corrected chi connectivity index (χ1v) is 5.37. The fraction of sp³-hybridized carbons (Fsp3) is 0.364. The summed E-state index contributed by atoms with van der Waals surface area (Å²) in [6.45, 7) is 5.96. The third-order valence-electron chi connectivity index (χ3n) is 2.27. The van der Waals surface area contributed by atoms with Crippen molar-refractivity contribution in [2.45, 2.75) is 26.8 Å². The summed E-state index contributed by atoms with van der Waals surface area (Å²) in [4.78, 5) is 7.91. The minimum absolute atomic E-state index is 0.196. The van der Waals surface area contributed by atoms with Gasteiger partial charge in [0.1, 0.15) is 0 Å². The summed E-state index contributed by atoms with van der Waals surface area (Å²) >= 11 is 0. The van der Waals surface area contributed by atoms with Gasteiger partial charge in [-0.1, -0.05) is 0 Å². The van der Waals surface area contributed by atoms with Crippen LogP contribution >= 0.6 is 0 Å². The first kappa shape index (κ1) is 11.4. The lowest BCUT2D eigenvalue weighted by Crippen LogP contribution is -2.00. The lowest BCUT2D eigenvalue weighted by molar-refractivity contribution is 0.455. The number of hydrogen-bond donors (Lipinski definition) is 1. The molecule has 0 amide bonds. The molecule has 0 aliphatic heterocycles. The highest BCUT2D eigenvalue weighted by atomic mass is 16.5. The quantitative estimate of drug-likeness (QED) is 0.876. The maximum Gasteiger partial charge on any atom is 0.227 e. The van der Waals surface area contributed by atoms with Crippen LogP contribution in [-0.2, 0) is 0 Å². The van der Waals surface area contributed by atoms with Crippen molar-refractivity contribution >= 4 is 5.95 Å². The third kappa shape index (κ3) is 2.52. The molecule has 2 heterocycles. The van der Waals surface area contributed by atoms with Crippen LogP contribution in [0.1, 0.15) is 25.5 Å². The van der Waals surface area contributed by atoms with Crippen molar-refractivity contribution in [1.29, 1.82) is 0 Å². The molecule has 0 spiro atoms. The largest absolute Gasteiger partial charge is 0.435 e. The standard InChI is InChI=1S/C11H15N5O/c1-7(2)16-6-9(5-14-16)17-10-8(3)4-13-11(12)15-10/h4-7H,1-3H3,(H2,12,13,15). The van der Waals surface area contributed by atoms with Gasteiger partial charge in [-0.25, -0.2) is 4.98 Å². The van der Waals surface area contributed by atoms with E-state index in [4.69, 9.17) is 10.5 Å². The number of hydrogen-bond acceptors (Lipinski definition) is 5. The number of nitrogens with zero attached hydrogens (tertiary/aromatic N) is 4. The maximum atomic E-state index is 5.61. The Labute approximate surface area is 99.4 Å². The van der Waals surface area contributed by atoms with E-state index < -0.39 is 0 Å². The van der Waals surface area contributed by atoms with Gasteiger partial charge in [0.25, 0.3) is 0 Å². The van der Waals surface area contributed by atoms with E-state index in [1.165, 1.54) is 0 Å². The van der Waals surface area contributed by atoms with E-state index >= 15 is 0 Å². The molecule has 0 aliphatic carbocycles. The van der Waals surface area contributed by atoms with E-state index in [2.05, 4.69) is 15.1 Å². The molecule has 2 rings (SSSR count). The molecule has 0 bridgehead atoms. The van der Waals surface area contributed by atoms with Crippen LogP contribution in [0.3, 0.4) is 0 Å². The fourth-order valence-electron chi connectivity index (χ4n) is 1.31. The normalized spacial score (nSPS) is 10.8. The molecular formula is C11H15N5O. The smallest absolute Gasteiger partial charge is 0.227 e. The molecule has 0 fully saturated rings. The molecule has 17 heavy (non-hydrogen) atoms. The SMILES string of the molecule is Cc1cnc(N)nc1Oc1cnn(C(C)C)c1. The number of nitrogens with two attached hydrogens (primary N) is 1. The fourth-order valence-corrected chi connectivity index (χ4v) is 1.31. The number of aryl methyl sites for hydroxylation is 1. The minimum atomic E-state index is 0.196. The summed E-state index contributed by atoms with van der Waals surface area (Å²) in [6, 6.07) is 0.295. The summed E-state index contributed by atoms with van der Waals surface area (Å²) in [5.41, 5.74) is 6.34. The van der Waals surface area contributed by atoms with Gasteiger partial charge < -0.3 is 10.5 Å². The van der Waals surface area contributed by atoms with Crippen LogP contribution in [0.15, 0.2) is 18.6 Å². The van der Waals surface area contributed by atoms with Gasteiger partial charge in [-0.2, -0.15) is 10.1 Å². The van der Waals surface area contributed by atoms with Gasteiger partial charge in [0, 0.05) is 17.8 Å². The van der Waals surface area contributed by atoms with Gasteiger partial charge in [-0.15, -0.1) is 0 Å². The minimum Gasteiger partial charge on any atom is -0.435 e.